The van der Waals surface area contributed by atoms with E-state index in [4.69, 9.17) is 0 Å². The zero-order valence-electron chi connectivity index (χ0n) is 21.4. The van der Waals surface area contributed by atoms with E-state index in [1.54, 1.807) is 0 Å². The van der Waals surface area contributed by atoms with Crippen molar-refractivity contribution in [3.05, 3.63) is 0 Å². The van der Waals surface area contributed by atoms with E-state index in [9.17, 15) is 19.8 Å². The molecule has 0 aliphatic heterocycles. The smallest absolute Gasteiger partial charge is 0.311 e. The van der Waals surface area contributed by atoms with Crippen LogP contribution in [0.15, 0.2) is 0 Å². The molecule has 4 heteroatoms. The molecule has 2 atom stereocenters. The van der Waals surface area contributed by atoms with Crippen LogP contribution in [-0.2, 0) is 9.59 Å². The zero-order chi connectivity index (χ0) is 23.9. The predicted molar refractivity (Wildman–Crippen MR) is 133 cm³/mol. The summed E-state index contributed by atoms with van der Waals surface area (Å²) in [4.78, 5) is 24.8. The molecule has 0 heterocycles. The molecule has 0 aromatic heterocycles. The third-order valence-corrected chi connectivity index (χ3v) is 8.26. The fraction of sp³-hybridized carbons (Fsp3) is 0.929. The summed E-state index contributed by atoms with van der Waals surface area (Å²) >= 11 is 0. The van der Waals surface area contributed by atoms with Gasteiger partial charge >= 0.3 is 11.9 Å². The maximum Gasteiger partial charge on any atom is 0.311 e. The van der Waals surface area contributed by atoms with Crippen molar-refractivity contribution in [1.29, 1.82) is 0 Å². The van der Waals surface area contributed by atoms with Gasteiger partial charge in [0.25, 0.3) is 0 Å². The Morgan fingerprint density at radius 3 is 1.44 bits per heavy atom. The molecule has 0 aromatic rings. The first-order valence-electron chi connectivity index (χ1n) is 13.8. The summed E-state index contributed by atoms with van der Waals surface area (Å²) in [5, 5.41) is 20.3. The zero-order valence-corrected chi connectivity index (χ0v) is 21.4. The maximum absolute atomic E-state index is 12.4. The molecule has 1 aliphatic carbocycles. The molecule has 2 unspecified atom stereocenters. The van der Waals surface area contributed by atoms with Crippen molar-refractivity contribution in [1.82, 2.24) is 0 Å². The molecule has 1 aliphatic rings. The number of carbonyl (C=O) groups is 2. The van der Waals surface area contributed by atoms with Gasteiger partial charge in [-0.15, -0.1) is 0 Å². The maximum atomic E-state index is 12.4. The number of carboxylic acid groups (broad SMARTS) is 2. The second-order valence-corrected chi connectivity index (χ2v) is 10.7. The van der Waals surface area contributed by atoms with Crippen molar-refractivity contribution in [3.8, 4) is 0 Å². The topological polar surface area (TPSA) is 74.6 Å². The first-order valence-corrected chi connectivity index (χ1v) is 13.8. The van der Waals surface area contributed by atoms with E-state index >= 15 is 0 Å². The number of unbranched alkanes of at least 4 members (excludes halogenated alkanes) is 14. The third kappa shape index (κ3) is 8.06. The Labute approximate surface area is 197 Å². The average Bonchev–Trinajstić information content (AvgIpc) is 2.76. The highest BCUT2D eigenvalue weighted by atomic mass is 16.4. The second-order valence-electron chi connectivity index (χ2n) is 10.7. The normalized spacial score (nSPS) is 23.5. The van der Waals surface area contributed by atoms with Crippen molar-refractivity contribution in [2.45, 2.75) is 149 Å². The van der Waals surface area contributed by atoms with E-state index in [-0.39, 0.29) is 5.92 Å². The van der Waals surface area contributed by atoms with Gasteiger partial charge in [0, 0.05) is 0 Å². The molecule has 0 aromatic carbocycles. The SMILES string of the molecule is CCCCCCCCCCCCCCCCCC1(C(=O)O)CCCCC1(C(=O)O)C(C)C. The number of rotatable bonds is 19. The van der Waals surface area contributed by atoms with Crippen LogP contribution < -0.4 is 0 Å². The number of carboxylic acids is 2. The molecule has 32 heavy (non-hydrogen) atoms. The molecule has 2 N–H and O–H groups in total. The highest BCUT2D eigenvalue weighted by Gasteiger charge is 2.63. The summed E-state index contributed by atoms with van der Waals surface area (Å²) in [6, 6.07) is 0. The van der Waals surface area contributed by atoms with E-state index < -0.39 is 22.8 Å². The molecular weight excluding hydrogens is 400 g/mol. The minimum absolute atomic E-state index is 0.173. The Balaban J connectivity index is 2.26. The lowest BCUT2D eigenvalue weighted by Gasteiger charge is -2.51. The Morgan fingerprint density at radius 1 is 0.656 bits per heavy atom. The van der Waals surface area contributed by atoms with E-state index in [2.05, 4.69) is 6.92 Å². The second kappa shape index (κ2) is 15.7. The first kappa shape index (κ1) is 29.0. The van der Waals surface area contributed by atoms with Crippen molar-refractivity contribution in [2.24, 2.45) is 16.7 Å². The van der Waals surface area contributed by atoms with Gasteiger partial charge in [0.15, 0.2) is 0 Å². The van der Waals surface area contributed by atoms with Gasteiger partial charge in [-0.3, -0.25) is 9.59 Å². The summed E-state index contributed by atoms with van der Waals surface area (Å²) in [5.41, 5.74) is -2.24. The molecule has 0 saturated heterocycles. The summed E-state index contributed by atoms with van der Waals surface area (Å²) in [7, 11) is 0. The Morgan fingerprint density at radius 2 is 1.06 bits per heavy atom. The van der Waals surface area contributed by atoms with E-state index in [1.165, 1.54) is 77.0 Å². The van der Waals surface area contributed by atoms with Crippen LogP contribution in [0.25, 0.3) is 0 Å². The summed E-state index contributed by atoms with van der Waals surface area (Å²) < 4.78 is 0. The molecule has 0 bridgehead atoms. The molecule has 1 fully saturated rings. The van der Waals surface area contributed by atoms with Crippen LogP contribution in [0.2, 0.25) is 0 Å². The lowest BCUT2D eigenvalue weighted by atomic mass is 9.50. The Bertz CT molecular complexity index is 530. The highest BCUT2D eigenvalue weighted by Crippen LogP contribution is 2.58. The van der Waals surface area contributed by atoms with Crippen LogP contribution in [0.5, 0.6) is 0 Å². The van der Waals surface area contributed by atoms with Gasteiger partial charge in [-0.1, -0.05) is 130 Å². The summed E-state index contributed by atoms with van der Waals surface area (Å²) in [6.45, 7) is 6.05. The first-order chi connectivity index (χ1) is 15.3. The fourth-order valence-corrected chi connectivity index (χ4v) is 6.24. The number of hydrogen-bond donors (Lipinski definition) is 2. The van der Waals surface area contributed by atoms with Crippen LogP contribution in [0.4, 0.5) is 0 Å². The largest absolute Gasteiger partial charge is 0.481 e. The van der Waals surface area contributed by atoms with Crippen LogP contribution in [0.3, 0.4) is 0 Å². The molecule has 0 amide bonds. The van der Waals surface area contributed by atoms with E-state index in [1.807, 2.05) is 13.8 Å². The van der Waals surface area contributed by atoms with Gasteiger partial charge in [-0.25, -0.2) is 0 Å². The third-order valence-electron chi connectivity index (χ3n) is 8.26. The predicted octanol–water partition coefficient (Wildman–Crippen LogP) is 8.62. The van der Waals surface area contributed by atoms with Gasteiger partial charge < -0.3 is 10.2 Å². The van der Waals surface area contributed by atoms with Crippen LogP contribution in [0.1, 0.15) is 149 Å². The fourth-order valence-electron chi connectivity index (χ4n) is 6.24. The molecule has 1 rings (SSSR count). The summed E-state index contributed by atoms with van der Waals surface area (Å²) in [6.07, 6.45) is 22.3. The molecule has 1 saturated carbocycles. The highest BCUT2D eigenvalue weighted by molar-refractivity contribution is 5.87. The minimum Gasteiger partial charge on any atom is -0.481 e. The van der Waals surface area contributed by atoms with Crippen molar-refractivity contribution in [2.75, 3.05) is 0 Å². The number of hydrogen-bond acceptors (Lipinski definition) is 2. The van der Waals surface area contributed by atoms with Crippen LogP contribution in [-0.4, -0.2) is 22.2 Å². The van der Waals surface area contributed by atoms with Crippen LogP contribution in [0, 0.1) is 16.7 Å². The molecular formula is C28H52O4. The molecule has 4 nitrogen and oxygen atoms in total. The number of aliphatic carboxylic acids is 2. The lowest BCUT2D eigenvalue weighted by molar-refractivity contribution is -0.187. The standard InChI is InChI=1S/C28H52O4/c1-4-5-6-7-8-9-10-11-12-13-14-15-16-17-18-21-27(25(29)30)22-19-20-23-28(27,24(2)3)26(31)32/h24H,4-23H2,1-3H3,(H,29,30)(H,31,32). The van der Waals surface area contributed by atoms with Gasteiger partial charge in [-0.05, 0) is 25.2 Å². The lowest BCUT2D eigenvalue weighted by Crippen LogP contribution is -2.57. The molecule has 0 radical (unpaired) electrons. The average molecular weight is 453 g/mol. The minimum atomic E-state index is -1.13. The summed E-state index contributed by atoms with van der Waals surface area (Å²) in [5.74, 6) is -1.97. The molecule has 0 spiro atoms. The monoisotopic (exact) mass is 452 g/mol. The van der Waals surface area contributed by atoms with Crippen LogP contribution >= 0.6 is 0 Å². The van der Waals surface area contributed by atoms with Crippen molar-refractivity contribution < 1.29 is 19.8 Å². The van der Waals surface area contributed by atoms with E-state index in [0.717, 1.165) is 32.1 Å². The Kier molecular flexibility index (Phi) is 14.2. The quantitative estimate of drug-likeness (QED) is 0.192. The van der Waals surface area contributed by atoms with Gasteiger partial charge in [0.1, 0.15) is 0 Å². The Hall–Kier alpha value is -1.06. The molecule has 188 valence electrons. The van der Waals surface area contributed by atoms with Crippen molar-refractivity contribution in [3.63, 3.8) is 0 Å². The van der Waals surface area contributed by atoms with Gasteiger partial charge in [0.05, 0.1) is 10.8 Å². The van der Waals surface area contributed by atoms with Crippen molar-refractivity contribution >= 4 is 11.9 Å². The van der Waals surface area contributed by atoms with E-state index in [0.29, 0.717) is 19.3 Å². The van der Waals surface area contributed by atoms with Gasteiger partial charge in [0.2, 0.25) is 0 Å². The van der Waals surface area contributed by atoms with Gasteiger partial charge in [-0.2, -0.15) is 0 Å².